The Bertz CT molecular complexity index is 768. The van der Waals surface area contributed by atoms with Crippen LogP contribution < -0.4 is 10.6 Å². The summed E-state index contributed by atoms with van der Waals surface area (Å²) in [5, 5.41) is 5.72. The van der Waals surface area contributed by atoms with Crippen LogP contribution in [0, 0.1) is 11.3 Å². The molecule has 0 aliphatic carbocycles. The maximum atomic E-state index is 13.3. The Morgan fingerprint density at radius 3 is 2.58 bits per heavy atom. The van der Waals surface area contributed by atoms with E-state index in [1.54, 1.807) is 6.07 Å². The minimum Gasteiger partial charge on any atom is -0.472 e. The van der Waals surface area contributed by atoms with Crippen molar-refractivity contribution < 1.29 is 23.5 Å². The lowest BCUT2D eigenvalue weighted by molar-refractivity contribution is -0.128. The number of hydrogen-bond donors (Lipinski definition) is 2. The van der Waals surface area contributed by atoms with Gasteiger partial charge in [0.1, 0.15) is 25.0 Å². The molecule has 2 saturated heterocycles. The van der Waals surface area contributed by atoms with Crippen LogP contribution >= 0.6 is 0 Å². The third-order valence-electron chi connectivity index (χ3n) is 6.79. The van der Waals surface area contributed by atoms with E-state index < -0.39 is 12.1 Å². The molecular formula is C23H35N3O5. The second kappa shape index (κ2) is 9.96. The second-order valence-corrected chi connectivity index (χ2v) is 9.70. The van der Waals surface area contributed by atoms with E-state index in [9.17, 15) is 14.4 Å². The molecule has 2 fully saturated rings. The van der Waals surface area contributed by atoms with E-state index >= 15 is 0 Å². The van der Waals surface area contributed by atoms with Gasteiger partial charge in [0.05, 0.1) is 17.9 Å². The van der Waals surface area contributed by atoms with Crippen LogP contribution in [0.15, 0.2) is 23.0 Å². The van der Waals surface area contributed by atoms with Crippen molar-refractivity contribution in [2.75, 3.05) is 26.2 Å². The number of carbonyl (C=O) groups excluding carboxylic acids is 3. The maximum Gasteiger partial charge on any atom is 0.255 e. The average Bonchev–Trinajstić information content (AvgIpc) is 3.46. The van der Waals surface area contributed by atoms with Crippen LogP contribution in [-0.2, 0) is 14.3 Å². The summed E-state index contributed by atoms with van der Waals surface area (Å²) in [5.74, 6) is -0.564. The number of likely N-dealkylation sites (tertiary alicyclic amines) is 1. The Hall–Kier alpha value is -2.19. The molecule has 2 aliphatic rings. The van der Waals surface area contributed by atoms with Crippen LogP contribution in [0.2, 0.25) is 0 Å². The van der Waals surface area contributed by atoms with Gasteiger partial charge in [-0.3, -0.25) is 14.4 Å². The summed E-state index contributed by atoms with van der Waals surface area (Å²) < 4.78 is 10.7. The van der Waals surface area contributed by atoms with E-state index in [1.165, 1.54) is 12.5 Å². The van der Waals surface area contributed by atoms with Gasteiger partial charge >= 0.3 is 0 Å². The van der Waals surface area contributed by atoms with Gasteiger partial charge in [0.15, 0.2) is 5.78 Å². The standard InChI is InChI=1S/C23H35N3O5/c1-15(2)23(3,4)11-17(24-21(28)16-7-10-30-13-16)22(29)25-20-18(27)14-31-19(20)12-26-8-5-6-9-26/h7,10,13,15,17,19-20H,5-6,8-9,11-12,14H2,1-4H3,(H,24,28)(H,25,29)/t17-,19?,20?/m0/s1. The number of Topliss-reactive ketones (excluding diaryl/α,β-unsaturated/α-hetero) is 1. The smallest absolute Gasteiger partial charge is 0.255 e. The number of rotatable bonds is 9. The van der Waals surface area contributed by atoms with Crippen molar-refractivity contribution in [3.63, 3.8) is 0 Å². The number of ether oxygens (including phenoxy) is 1. The summed E-state index contributed by atoms with van der Waals surface area (Å²) in [5.41, 5.74) is 0.156. The maximum absolute atomic E-state index is 13.3. The lowest BCUT2D eigenvalue weighted by Crippen LogP contribution is -2.55. The molecule has 0 bridgehead atoms. The SMILES string of the molecule is CC(C)C(C)(C)C[C@H](NC(=O)c1ccoc1)C(=O)NC1C(=O)COC1CN1CCCC1. The molecule has 8 heteroatoms. The normalized spacial score (nSPS) is 23.3. The van der Waals surface area contributed by atoms with Crippen molar-refractivity contribution in [1.82, 2.24) is 15.5 Å². The zero-order valence-corrected chi connectivity index (χ0v) is 19.0. The van der Waals surface area contributed by atoms with Crippen LogP contribution in [0.25, 0.3) is 0 Å². The number of carbonyl (C=O) groups is 3. The van der Waals surface area contributed by atoms with Gasteiger partial charge in [0, 0.05) is 6.54 Å². The Kier molecular flexibility index (Phi) is 7.54. The molecule has 2 unspecified atom stereocenters. The summed E-state index contributed by atoms with van der Waals surface area (Å²) in [6, 6.07) is 0.0856. The Balaban J connectivity index is 1.71. The lowest BCUT2D eigenvalue weighted by atomic mass is 9.76. The van der Waals surface area contributed by atoms with E-state index in [0.717, 1.165) is 25.9 Å². The van der Waals surface area contributed by atoms with Crippen molar-refractivity contribution >= 4 is 17.6 Å². The fourth-order valence-electron chi connectivity index (χ4n) is 3.99. The van der Waals surface area contributed by atoms with Crippen LogP contribution in [-0.4, -0.2) is 66.9 Å². The van der Waals surface area contributed by atoms with Gasteiger partial charge in [-0.1, -0.05) is 27.7 Å². The van der Waals surface area contributed by atoms with E-state index in [1.807, 2.05) is 0 Å². The molecule has 0 spiro atoms. The van der Waals surface area contributed by atoms with E-state index in [0.29, 0.717) is 24.4 Å². The first-order valence-electron chi connectivity index (χ1n) is 11.2. The fraction of sp³-hybridized carbons (Fsp3) is 0.696. The average molecular weight is 434 g/mol. The van der Waals surface area contributed by atoms with Gasteiger partial charge in [-0.2, -0.15) is 0 Å². The first-order valence-corrected chi connectivity index (χ1v) is 11.2. The molecule has 2 amide bonds. The fourth-order valence-corrected chi connectivity index (χ4v) is 3.99. The van der Waals surface area contributed by atoms with Gasteiger partial charge in [0.25, 0.3) is 5.91 Å². The van der Waals surface area contributed by atoms with Crippen LogP contribution in [0.4, 0.5) is 0 Å². The number of amides is 2. The summed E-state index contributed by atoms with van der Waals surface area (Å²) in [4.78, 5) is 40.6. The Labute approximate surface area is 184 Å². The zero-order chi connectivity index (χ0) is 22.6. The highest BCUT2D eigenvalue weighted by molar-refractivity contribution is 5.98. The predicted octanol–water partition coefficient (Wildman–Crippen LogP) is 2.00. The molecule has 3 heterocycles. The molecule has 172 valence electrons. The highest BCUT2D eigenvalue weighted by Gasteiger charge is 2.40. The van der Waals surface area contributed by atoms with Crippen molar-refractivity contribution in [3.8, 4) is 0 Å². The van der Waals surface area contributed by atoms with Crippen molar-refractivity contribution in [3.05, 3.63) is 24.2 Å². The zero-order valence-electron chi connectivity index (χ0n) is 19.0. The van der Waals surface area contributed by atoms with Crippen molar-refractivity contribution in [1.29, 1.82) is 0 Å². The quantitative estimate of drug-likeness (QED) is 0.618. The lowest BCUT2D eigenvalue weighted by Gasteiger charge is -2.34. The molecule has 1 aromatic rings. The molecule has 31 heavy (non-hydrogen) atoms. The van der Waals surface area contributed by atoms with Gasteiger partial charge in [-0.05, 0) is 49.8 Å². The molecule has 0 saturated carbocycles. The molecule has 8 nitrogen and oxygen atoms in total. The van der Waals surface area contributed by atoms with E-state index in [2.05, 4.69) is 43.2 Å². The van der Waals surface area contributed by atoms with Crippen LogP contribution in [0.5, 0.6) is 0 Å². The first-order chi connectivity index (χ1) is 14.7. The third-order valence-corrected chi connectivity index (χ3v) is 6.79. The Morgan fingerprint density at radius 2 is 1.97 bits per heavy atom. The topological polar surface area (TPSA) is 101 Å². The van der Waals surface area contributed by atoms with Gasteiger partial charge in [-0.25, -0.2) is 0 Å². The summed E-state index contributed by atoms with van der Waals surface area (Å²) in [7, 11) is 0. The second-order valence-electron chi connectivity index (χ2n) is 9.70. The van der Waals surface area contributed by atoms with Gasteiger partial charge in [-0.15, -0.1) is 0 Å². The molecule has 3 atom stereocenters. The summed E-state index contributed by atoms with van der Waals surface area (Å²) >= 11 is 0. The number of hydrogen-bond acceptors (Lipinski definition) is 6. The summed E-state index contributed by atoms with van der Waals surface area (Å²) in [6.45, 7) is 10.9. The number of nitrogens with one attached hydrogen (secondary N) is 2. The monoisotopic (exact) mass is 433 g/mol. The summed E-state index contributed by atoms with van der Waals surface area (Å²) in [6.07, 6.45) is 5.13. The number of furan rings is 1. The van der Waals surface area contributed by atoms with Gasteiger partial charge < -0.3 is 24.7 Å². The Morgan fingerprint density at radius 1 is 1.26 bits per heavy atom. The highest BCUT2D eigenvalue weighted by atomic mass is 16.5. The molecule has 1 aromatic heterocycles. The number of nitrogens with zero attached hydrogens (tertiary/aromatic N) is 1. The molecule has 3 rings (SSSR count). The first kappa shape index (κ1) is 23.5. The molecule has 0 radical (unpaired) electrons. The largest absolute Gasteiger partial charge is 0.472 e. The third kappa shape index (κ3) is 5.95. The number of ketones is 1. The predicted molar refractivity (Wildman–Crippen MR) is 116 cm³/mol. The van der Waals surface area contributed by atoms with Crippen molar-refractivity contribution in [2.45, 2.75) is 65.1 Å². The van der Waals surface area contributed by atoms with E-state index in [4.69, 9.17) is 9.15 Å². The van der Waals surface area contributed by atoms with Gasteiger partial charge in [0.2, 0.25) is 5.91 Å². The van der Waals surface area contributed by atoms with Crippen LogP contribution in [0.1, 0.15) is 57.3 Å². The molecule has 2 aliphatic heterocycles. The van der Waals surface area contributed by atoms with E-state index in [-0.39, 0.29) is 35.7 Å². The molecular weight excluding hydrogens is 398 g/mol. The van der Waals surface area contributed by atoms with Crippen LogP contribution in [0.3, 0.4) is 0 Å². The molecule has 2 N–H and O–H groups in total. The molecule has 0 aromatic carbocycles. The minimum atomic E-state index is -0.777. The minimum absolute atomic E-state index is 0.00693. The van der Waals surface area contributed by atoms with Crippen molar-refractivity contribution in [2.24, 2.45) is 11.3 Å². The highest BCUT2D eigenvalue weighted by Crippen LogP contribution is 2.31.